The molecule has 2 N–H and O–H groups in total. The fraction of sp³-hybridized carbons (Fsp3) is 0.500. The molecule has 0 aliphatic carbocycles. The van der Waals surface area contributed by atoms with Crippen molar-refractivity contribution in [3.8, 4) is 17.4 Å². The molecular formula is C24H36N4O3. The Morgan fingerprint density at radius 1 is 0.968 bits per heavy atom. The van der Waals surface area contributed by atoms with E-state index in [0.717, 1.165) is 62.8 Å². The molecule has 1 aromatic heterocycles. The molecule has 0 saturated carbocycles. The minimum Gasteiger partial charge on any atom is -0.494 e. The Labute approximate surface area is 186 Å². The number of unbranched alkanes of at least 4 members (excludes halogenated alkanes) is 1. The first-order valence-corrected chi connectivity index (χ1v) is 11.2. The largest absolute Gasteiger partial charge is 0.494 e. The van der Waals surface area contributed by atoms with Crippen molar-refractivity contribution < 1.29 is 14.2 Å². The lowest BCUT2D eigenvalue weighted by atomic mass is 10.2. The Kier molecular flexibility index (Phi) is 11.9. The van der Waals surface area contributed by atoms with Gasteiger partial charge in [-0.05, 0) is 63.4 Å². The average Bonchev–Trinajstić information content (AvgIpc) is 2.80. The van der Waals surface area contributed by atoms with Gasteiger partial charge in [0.1, 0.15) is 11.5 Å². The van der Waals surface area contributed by atoms with Gasteiger partial charge in [-0.1, -0.05) is 13.0 Å². The maximum atomic E-state index is 6.01. The Bertz CT molecular complexity index is 766. The van der Waals surface area contributed by atoms with Crippen molar-refractivity contribution in [2.75, 3.05) is 32.9 Å². The summed E-state index contributed by atoms with van der Waals surface area (Å²) in [6.07, 6.45) is 4.77. The fourth-order valence-electron chi connectivity index (χ4n) is 2.76. The Morgan fingerprint density at radius 3 is 2.52 bits per heavy atom. The second-order valence-electron chi connectivity index (χ2n) is 6.92. The summed E-state index contributed by atoms with van der Waals surface area (Å²) in [4.78, 5) is 9.09. The molecule has 0 fully saturated rings. The van der Waals surface area contributed by atoms with Crippen molar-refractivity contribution in [1.82, 2.24) is 15.6 Å². The highest BCUT2D eigenvalue weighted by Crippen LogP contribution is 2.25. The molecule has 170 valence electrons. The monoisotopic (exact) mass is 428 g/mol. The van der Waals surface area contributed by atoms with Crippen LogP contribution in [-0.4, -0.2) is 43.9 Å². The SMILES string of the molecule is CCCOc1ccc(Oc2ncccc2CN=C(NCC)NCCCCOCC)cc1. The van der Waals surface area contributed by atoms with Crippen molar-refractivity contribution in [3.63, 3.8) is 0 Å². The Balaban J connectivity index is 1.94. The molecule has 0 amide bonds. The van der Waals surface area contributed by atoms with Crippen LogP contribution in [0.3, 0.4) is 0 Å². The van der Waals surface area contributed by atoms with Gasteiger partial charge in [-0.25, -0.2) is 9.98 Å². The van der Waals surface area contributed by atoms with Gasteiger partial charge in [-0.2, -0.15) is 0 Å². The minimum atomic E-state index is 0.467. The molecule has 0 saturated heterocycles. The Hall–Kier alpha value is -2.80. The second kappa shape index (κ2) is 15.1. The summed E-state index contributed by atoms with van der Waals surface area (Å²) in [6.45, 7) is 10.5. The van der Waals surface area contributed by atoms with E-state index >= 15 is 0 Å². The molecule has 0 aliphatic heterocycles. The van der Waals surface area contributed by atoms with Crippen LogP contribution in [0.1, 0.15) is 45.6 Å². The number of ether oxygens (including phenoxy) is 3. The van der Waals surface area contributed by atoms with E-state index in [-0.39, 0.29) is 0 Å². The van der Waals surface area contributed by atoms with Crippen LogP contribution in [0, 0.1) is 0 Å². The van der Waals surface area contributed by atoms with Crippen molar-refractivity contribution in [2.24, 2.45) is 4.99 Å². The lowest BCUT2D eigenvalue weighted by Gasteiger charge is -2.12. The van der Waals surface area contributed by atoms with Gasteiger partial charge in [0.15, 0.2) is 5.96 Å². The summed E-state index contributed by atoms with van der Waals surface area (Å²) in [5.41, 5.74) is 0.919. The first-order chi connectivity index (χ1) is 15.3. The van der Waals surface area contributed by atoms with Crippen LogP contribution in [0.5, 0.6) is 17.4 Å². The predicted molar refractivity (Wildman–Crippen MR) is 125 cm³/mol. The van der Waals surface area contributed by atoms with Crippen LogP contribution in [0.15, 0.2) is 47.6 Å². The first-order valence-electron chi connectivity index (χ1n) is 11.2. The third-order valence-electron chi connectivity index (χ3n) is 4.32. The predicted octanol–water partition coefficient (Wildman–Crippen LogP) is 4.53. The standard InChI is InChI=1S/C24H36N4O3/c1-4-17-30-21-11-13-22(14-12-21)31-23-20(10-9-16-26-23)19-28-24(25-5-2)27-15-7-8-18-29-6-3/h9-14,16H,4-8,15,17-19H2,1-3H3,(H2,25,27,28). The second-order valence-corrected chi connectivity index (χ2v) is 6.92. The zero-order valence-electron chi connectivity index (χ0n) is 19.0. The van der Waals surface area contributed by atoms with E-state index in [1.165, 1.54) is 0 Å². The molecule has 7 nitrogen and oxygen atoms in total. The van der Waals surface area contributed by atoms with Gasteiger partial charge in [0.05, 0.1) is 13.2 Å². The number of guanidine groups is 1. The van der Waals surface area contributed by atoms with E-state index in [1.54, 1.807) is 6.20 Å². The molecule has 0 unspecified atom stereocenters. The molecule has 2 aromatic rings. The van der Waals surface area contributed by atoms with Crippen LogP contribution in [0.25, 0.3) is 0 Å². The topological polar surface area (TPSA) is 77.0 Å². The van der Waals surface area contributed by atoms with Gasteiger partial charge in [0, 0.05) is 38.1 Å². The number of aliphatic imine (C=N–C) groups is 1. The van der Waals surface area contributed by atoms with Crippen LogP contribution < -0.4 is 20.1 Å². The quantitative estimate of drug-likeness (QED) is 0.261. The van der Waals surface area contributed by atoms with Gasteiger partial charge >= 0.3 is 0 Å². The molecule has 31 heavy (non-hydrogen) atoms. The van der Waals surface area contributed by atoms with E-state index in [4.69, 9.17) is 19.2 Å². The molecule has 0 atom stereocenters. The molecule has 0 spiro atoms. The van der Waals surface area contributed by atoms with Crippen LogP contribution >= 0.6 is 0 Å². The molecular weight excluding hydrogens is 392 g/mol. The summed E-state index contributed by atoms with van der Waals surface area (Å²) in [5.74, 6) is 2.89. The summed E-state index contributed by atoms with van der Waals surface area (Å²) >= 11 is 0. The maximum Gasteiger partial charge on any atom is 0.224 e. The lowest BCUT2D eigenvalue weighted by Crippen LogP contribution is -2.37. The summed E-state index contributed by atoms with van der Waals surface area (Å²) in [7, 11) is 0. The highest BCUT2D eigenvalue weighted by atomic mass is 16.5. The average molecular weight is 429 g/mol. The lowest BCUT2D eigenvalue weighted by molar-refractivity contribution is 0.143. The van der Waals surface area contributed by atoms with Crippen molar-refractivity contribution in [1.29, 1.82) is 0 Å². The van der Waals surface area contributed by atoms with E-state index in [9.17, 15) is 0 Å². The number of nitrogens with zero attached hydrogens (tertiary/aromatic N) is 2. The molecule has 2 rings (SSSR count). The summed E-state index contributed by atoms with van der Waals surface area (Å²) < 4.78 is 17.0. The van der Waals surface area contributed by atoms with Crippen molar-refractivity contribution >= 4 is 5.96 Å². The van der Waals surface area contributed by atoms with Gasteiger partial charge in [-0.15, -0.1) is 0 Å². The minimum absolute atomic E-state index is 0.467. The maximum absolute atomic E-state index is 6.01. The molecule has 7 heteroatoms. The van der Waals surface area contributed by atoms with Crippen LogP contribution in [-0.2, 0) is 11.3 Å². The van der Waals surface area contributed by atoms with Crippen LogP contribution in [0.4, 0.5) is 0 Å². The van der Waals surface area contributed by atoms with Crippen LogP contribution in [0.2, 0.25) is 0 Å². The normalized spacial score (nSPS) is 11.3. The smallest absolute Gasteiger partial charge is 0.224 e. The van der Waals surface area contributed by atoms with E-state index in [1.807, 2.05) is 43.3 Å². The van der Waals surface area contributed by atoms with Crippen molar-refractivity contribution in [2.45, 2.75) is 46.6 Å². The van der Waals surface area contributed by atoms with Crippen molar-refractivity contribution in [3.05, 3.63) is 48.2 Å². The van der Waals surface area contributed by atoms with E-state index in [0.29, 0.717) is 24.8 Å². The Morgan fingerprint density at radius 2 is 1.77 bits per heavy atom. The molecule has 0 aliphatic rings. The van der Waals surface area contributed by atoms with Gasteiger partial charge in [0.25, 0.3) is 0 Å². The highest BCUT2D eigenvalue weighted by molar-refractivity contribution is 5.79. The number of hydrogen-bond acceptors (Lipinski definition) is 5. The number of benzene rings is 1. The zero-order valence-corrected chi connectivity index (χ0v) is 19.0. The number of nitrogens with one attached hydrogen (secondary N) is 2. The molecule has 1 aromatic carbocycles. The van der Waals surface area contributed by atoms with Gasteiger partial charge in [0.2, 0.25) is 5.88 Å². The third-order valence-corrected chi connectivity index (χ3v) is 4.32. The number of pyridine rings is 1. The van der Waals surface area contributed by atoms with Gasteiger partial charge < -0.3 is 24.8 Å². The number of hydrogen-bond donors (Lipinski definition) is 2. The summed E-state index contributed by atoms with van der Waals surface area (Å²) in [5, 5.41) is 6.65. The number of rotatable bonds is 14. The van der Waals surface area contributed by atoms with E-state index in [2.05, 4.69) is 29.5 Å². The first kappa shape index (κ1) is 24.5. The zero-order chi connectivity index (χ0) is 22.2. The summed E-state index contributed by atoms with van der Waals surface area (Å²) in [6, 6.07) is 11.5. The third kappa shape index (κ3) is 9.70. The highest BCUT2D eigenvalue weighted by Gasteiger charge is 2.07. The molecule has 0 bridgehead atoms. The fourth-order valence-corrected chi connectivity index (χ4v) is 2.76. The van der Waals surface area contributed by atoms with Gasteiger partial charge in [-0.3, -0.25) is 0 Å². The molecule has 1 heterocycles. The number of aromatic nitrogens is 1. The van der Waals surface area contributed by atoms with E-state index < -0.39 is 0 Å². The molecule has 0 radical (unpaired) electrons.